The Kier molecular flexibility index (Phi) is 9.00. The van der Waals surface area contributed by atoms with Gasteiger partial charge in [-0.05, 0) is 31.5 Å². The van der Waals surface area contributed by atoms with Crippen molar-refractivity contribution in [3.05, 3.63) is 48.0 Å². The standard InChI is InChI=1S/C18H25N5O2.C2HF3O2/c1-14(2)21-18(24)22-9-16(10-23-17(11-22)5-7-20-23)13-25-12-15-4-3-6-19-8-15;3-2(4,5)1(6)7/h3-8,14,16H,9-13H2,1-2H3,(H,21,24);(H,6,7). The molecule has 9 nitrogen and oxygen atoms in total. The molecule has 0 spiro atoms. The summed E-state index contributed by atoms with van der Waals surface area (Å²) in [5.41, 5.74) is 2.10. The van der Waals surface area contributed by atoms with Gasteiger partial charge in [0.15, 0.2) is 0 Å². The molecule has 1 atom stereocenters. The van der Waals surface area contributed by atoms with Crippen LogP contribution in [0.1, 0.15) is 25.1 Å². The maximum atomic E-state index is 12.5. The Morgan fingerprint density at radius 1 is 1.28 bits per heavy atom. The fourth-order valence-corrected chi connectivity index (χ4v) is 2.96. The van der Waals surface area contributed by atoms with Crippen molar-refractivity contribution in [3.8, 4) is 0 Å². The maximum absolute atomic E-state index is 12.5. The van der Waals surface area contributed by atoms with E-state index in [0.29, 0.717) is 26.3 Å². The summed E-state index contributed by atoms with van der Waals surface area (Å²) in [5.74, 6) is -2.57. The number of carboxylic acids is 1. The zero-order valence-electron chi connectivity index (χ0n) is 17.7. The van der Waals surface area contributed by atoms with Crippen molar-refractivity contribution in [1.82, 2.24) is 25.0 Å². The molecule has 0 saturated heterocycles. The van der Waals surface area contributed by atoms with E-state index in [2.05, 4.69) is 15.4 Å². The molecular formula is C20H26F3N5O4. The minimum absolute atomic E-state index is 0.0399. The Morgan fingerprint density at radius 3 is 2.59 bits per heavy atom. The molecule has 0 fully saturated rings. The first-order valence-electron chi connectivity index (χ1n) is 9.89. The number of hydrogen-bond donors (Lipinski definition) is 2. The van der Waals surface area contributed by atoms with Gasteiger partial charge in [-0.2, -0.15) is 18.3 Å². The number of nitrogens with zero attached hydrogens (tertiary/aromatic N) is 4. The third-order valence-corrected chi connectivity index (χ3v) is 4.35. The number of ether oxygens (including phenoxy) is 1. The fourth-order valence-electron chi connectivity index (χ4n) is 2.96. The number of halogens is 3. The van der Waals surface area contributed by atoms with Gasteiger partial charge in [-0.3, -0.25) is 9.67 Å². The summed E-state index contributed by atoms with van der Waals surface area (Å²) in [4.78, 5) is 27.3. The molecule has 12 heteroatoms. The van der Waals surface area contributed by atoms with Gasteiger partial charge < -0.3 is 20.1 Å². The molecule has 2 amide bonds. The van der Waals surface area contributed by atoms with Crippen LogP contribution in [0.25, 0.3) is 0 Å². The zero-order chi connectivity index (χ0) is 23.7. The number of fused-ring (bicyclic) bond motifs is 1. The molecule has 1 unspecified atom stereocenters. The zero-order valence-corrected chi connectivity index (χ0v) is 17.7. The summed E-state index contributed by atoms with van der Waals surface area (Å²) >= 11 is 0. The van der Waals surface area contributed by atoms with Crippen LogP contribution in [0.2, 0.25) is 0 Å². The number of alkyl halides is 3. The van der Waals surface area contributed by atoms with E-state index in [4.69, 9.17) is 14.6 Å². The second kappa shape index (κ2) is 11.5. The monoisotopic (exact) mass is 457 g/mol. The number of carbonyl (C=O) groups is 2. The van der Waals surface area contributed by atoms with E-state index >= 15 is 0 Å². The molecule has 2 aromatic heterocycles. The first-order valence-corrected chi connectivity index (χ1v) is 9.89. The van der Waals surface area contributed by atoms with Gasteiger partial charge in [-0.1, -0.05) is 6.07 Å². The molecule has 0 radical (unpaired) electrons. The van der Waals surface area contributed by atoms with Crippen LogP contribution in [0, 0.1) is 5.92 Å². The first-order chi connectivity index (χ1) is 15.1. The van der Waals surface area contributed by atoms with Crippen molar-refractivity contribution in [2.45, 2.75) is 45.8 Å². The van der Waals surface area contributed by atoms with Crippen LogP contribution in [-0.4, -0.2) is 62.1 Å². The highest BCUT2D eigenvalue weighted by molar-refractivity contribution is 5.74. The van der Waals surface area contributed by atoms with Gasteiger partial charge in [0.2, 0.25) is 0 Å². The summed E-state index contributed by atoms with van der Waals surface area (Å²) < 4.78 is 39.6. The second-order valence-corrected chi connectivity index (χ2v) is 7.53. The molecule has 0 saturated carbocycles. The molecule has 2 aromatic rings. The molecule has 3 rings (SSSR count). The van der Waals surface area contributed by atoms with E-state index in [1.165, 1.54) is 0 Å². The van der Waals surface area contributed by atoms with Crippen LogP contribution < -0.4 is 5.32 Å². The van der Waals surface area contributed by atoms with Crippen molar-refractivity contribution in [2.75, 3.05) is 13.2 Å². The molecule has 2 N–H and O–H groups in total. The van der Waals surface area contributed by atoms with Gasteiger partial charge in [-0.15, -0.1) is 0 Å². The summed E-state index contributed by atoms with van der Waals surface area (Å²) in [6.45, 7) is 6.99. The number of urea groups is 1. The van der Waals surface area contributed by atoms with Gasteiger partial charge in [0, 0.05) is 43.6 Å². The minimum Gasteiger partial charge on any atom is -0.475 e. The molecule has 0 bridgehead atoms. The Balaban J connectivity index is 0.000000451. The van der Waals surface area contributed by atoms with Crippen LogP contribution in [-0.2, 0) is 29.2 Å². The predicted octanol–water partition coefficient (Wildman–Crippen LogP) is 2.68. The van der Waals surface area contributed by atoms with E-state index < -0.39 is 12.1 Å². The third kappa shape index (κ3) is 8.17. The third-order valence-electron chi connectivity index (χ3n) is 4.35. The summed E-state index contributed by atoms with van der Waals surface area (Å²) in [7, 11) is 0. The highest BCUT2D eigenvalue weighted by Gasteiger charge is 2.38. The van der Waals surface area contributed by atoms with Crippen molar-refractivity contribution < 1.29 is 32.6 Å². The molecular weight excluding hydrogens is 431 g/mol. The minimum atomic E-state index is -5.08. The largest absolute Gasteiger partial charge is 0.490 e. The molecule has 3 heterocycles. The number of rotatable bonds is 5. The summed E-state index contributed by atoms with van der Waals surface area (Å²) in [6.07, 6.45) is 0.257. The quantitative estimate of drug-likeness (QED) is 0.715. The smallest absolute Gasteiger partial charge is 0.475 e. The van der Waals surface area contributed by atoms with Gasteiger partial charge in [0.1, 0.15) is 0 Å². The normalized spacial score (nSPS) is 15.9. The number of amides is 2. The second-order valence-electron chi connectivity index (χ2n) is 7.53. The molecule has 1 aliphatic heterocycles. The van der Waals surface area contributed by atoms with Crippen LogP contribution >= 0.6 is 0 Å². The van der Waals surface area contributed by atoms with E-state index in [0.717, 1.165) is 17.8 Å². The molecule has 1 aliphatic rings. The lowest BCUT2D eigenvalue weighted by molar-refractivity contribution is -0.192. The van der Waals surface area contributed by atoms with Gasteiger partial charge in [-0.25, -0.2) is 9.59 Å². The molecule has 0 aromatic carbocycles. The number of carboxylic acid groups (broad SMARTS) is 1. The lowest BCUT2D eigenvalue weighted by atomic mass is 10.1. The van der Waals surface area contributed by atoms with Crippen molar-refractivity contribution in [2.24, 2.45) is 5.92 Å². The Hall–Kier alpha value is -3.15. The Morgan fingerprint density at radius 2 is 2.00 bits per heavy atom. The van der Waals surface area contributed by atoms with Crippen molar-refractivity contribution in [1.29, 1.82) is 0 Å². The van der Waals surface area contributed by atoms with E-state index in [-0.39, 0.29) is 18.0 Å². The van der Waals surface area contributed by atoms with E-state index in [1.807, 2.05) is 41.6 Å². The van der Waals surface area contributed by atoms with Crippen LogP contribution in [0.15, 0.2) is 36.8 Å². The predicted molar refractivity (Wildman–Crippen MR) is 107 cm³/mol. The average molecular weight is 457 g/mol. The van der Waals surface area contributed by atoms with Crippen LogP contribution in [0.3, 0.4) is 0 Å². The lowest BCUT2D eigenvalue weighted by Gasteiger charge is -2.25. The van der Waals surface area contributed by atoms with Gasteiger partial charge in [0.05, 0.1) is 25.5 Å². The number of aliphatic carboxylic acids is 1. The summed E-state index contributed by atoms with van der Waals surface area (Å²) in [5, 5.41) is 14.5. The number of carbonyl (C=O) groups excluding carboxylic acids is 1. The van der Waals surface area contributed by atoms with Crippen molar-refractivity contribution >= 4 is 12.0 Å². The van der Waals surface area contributed by atoms with Crippen LogP contribution in [0.5, 0.6) is 0 Å². The maximum Gasteiger partial charge on any atom is 0.490 e. The number of hydrogen-bond acceptors (Lipinski definition) is 5. The van der Waals surface area contributed by atoms with E-state index in [1.54, 1.807) is 18.6 Å². The van der Waals surface area contributed by atoms with E-state index in [9.17, 15) is 18.0 Å². The lowest BCUT2D eigenvalue weighted by Crippen LogP contribution is -2.44. The summed E-state index contributed by atoms with van der Waals surface area (Å²) in [6, 6.07) is 5.93. The molecule has 32 heavy (non-hydrogen) atoms. The number of aromatic nitrogens is 3. The number of pyridine rings is 1. The highest BCUT2D eigenvalue weighted by atomic mass is 19.4. The van der Waals surface area contributed by atoms with Gasteiger partial charge in [0.25, 0.3) is 0 Å². The highest BCUT2D eigenvalue weighted by Crippen LogP contribution is 2.17. The number of nitrogens with one attached hydrogen (secondary N) is 1. The first kappa shape index (κ1) is 25.1. The topological polar surface area (TPSA) is 110 Å². The molecule has 0 aliphatic carbocycles. The Labute approximate surface area is 183 Å². The molecule has 176 valence electrons. The SMILES string of the molecule is CC(C)NC(=O)N1Cc2ccnn2CC(COCc2cccnc2)C1.O=C(O)C(F)(F)F. The Bertz CT molecular complexity index is 874. The average Bonchev–Trinajstić information content (AvgIpc) is 3.06. The van der Waals surface area contributed by atoms with Gasteiger partial charge >= 0.3 is 18.2 Å². The van der Waals surface area contributed by atoms with Crippen LogP contribution in [0.4, 0.5) is 18.0 Å². The fraction of sp³-hybridized carbons (Fsp3) is 0.500. The van der Waals surface area contributed by atoms with Crippen molar-refractivity contribution in [3.63, 3.8) is 0 Å².